The van der Waals surface area contributed by atoms with Gasteiger partial charge >= 0.3 is 0 Å². The van der Waals surface area contributed by atoms with E-state index < -0.39 is 6.10 Å². The van der Waals surface area contributed by atoms with Crippen LogP contribution in [-0.4, -0.2) is 5.11 Å². The molecule has 1 aromatic carbocycles. The highest BCUT2D eigenvalue weighted by atomic mass is 35.5. The van der Waals surface area contributed by atoms with E-state index >= 15 is 0 Å². The van der Waals surface area contributed by atoms with Crippen molar-refractivity contribution in [2.24, 2.45) is 0 Å². The monoisotopic (exact) mass is 190 g/mol. The highest BCUT2D eigenvalue weighted by molar-refractivity contribution is 6.42. The molecular formula is C8H8Cl2O. The molecule has 0 aliphatic heterocycles. The molecule has 0 radical (unpaired) electrons. The molecule has 60 valence electrons. The highest BCUT2D eigenvalue weighted by Crippen LogP contribution is 2.29. The van der Waals surface area contributed by atoms with Crippen LogP contribution in [0.3, 0.4) is 0 Å². The van der Waals surface area contributed by atoms with Gasteiger partial charge in [-0.15, -0.1) is 0 Å². The number of halogens is 2. The standard InChI is InChI=1S/C8H8Cl2O/c1-5(11)6-3-2-4-7(9)8(6)10/h2-5,11H,1H3/t5-/m0/s1. The Balaban J connectivity index is 3.17. The van der Waals surface area contributed by atoms with Gasteiger partial charge in [0.05, 0.1) is 16.1 Å². The lowest BCUT2D eigenvalue weighted by Gasteiger charge is -2.07. The lowest BCUT2D eigenvalue weighted by atomic mass is 10.1. The van der Waals surface area contributed by atoms with Crippen LogP contribution in [0.15, 0.2) is 18.2 Å². The van der Waals surface area contributed by atoms with E-state index in [1.54, 1.807) is 25.1 Å². The molecule has 0 heterocycles. The van der Waals surface area contributed by atoms with Crippen molar-refractivity contribution in [1.29, 1.82) is 0 Å². The number of hydrogen-bond acceptors (Lipinski definition) is 1. The Morgan fingerprint density at radius 2 is 2.00 bits per heavy atom. The van der Waals surface area contributed by atoms with Crippen molar-refractivity contribution in [3.8, 4) is 0 Å². The van der Waals surface area contributed by atoms with Crippen LogP contribution in [0, 0.1) is 0 Å². The average molecular weight is 191 g/mol. The molecule has 0 aliphatic carbocycles. The largest absolute Gasteiger partial charge is 0.389 e. The summed E-state index contributed by atoms with van der Waals surface area (Å²) in [4.78, 5) is 0. The second-order valence-electron chi connectivity index (χ2n) is 2.32. The molecule has 1 atom stereocenters. The summed E-state index contributed by atoms with van der Waals surface area (Å²) in [5.74, 6) is 0. The SMILES string of the molecule is C[C@H](O)c1cccc(Cl)c1Cl. The fourth-order valence-corrected chi connectivity index (χ4v) is 1.31. The first-order valence-corrected chi connectivity index (χ1v) is 4.00. The quantitative estimate of drug-likeness (QED) is 0.723. The second kappa shape index (κ2) is 3.44. The Morgan fingerprint density at radius 3 is 2.45 bits per heavy atom. The Hall–Kier alpha value is -0.240. The van der Waals surface area contributed by atoms with Crippen molar-refractivity contribution in [2.75, 3.05) is 0 Å². The van der Waals surface area contributed by atoms with Crippen molar-refractivity contribution in [1.82, 2.24) is 0 Å². The topological polar surface area (TPSA) is 20.2 Å². The Bertz CT molecular complexity index is 258. The van der Waals surface area contributed by atoms with E-state index in [1.165, 1.54) is 0 Å². The molecular weight excluding hydrogens is 183 g/mol. The van der Waals surface area contributed by atoms with Crippen LogP contribution in [0.1, 0.15) is 18.6 Å². The molecule has 1 nitrogen and oxygen atoms in total. The number of hydrogen-bond donors (Lipinski definition) is 1. The van der Waals surface area contributed by atoms with Gasteiger partial charge in [-0.2, -0.15) is 0 Å². The van der Waals surface area contributed by atoms with Gasteiger partial charge in [0.1, 0.15) is 0 Å². The Labute approximate surface area is 75.6 Å². The van der Waals surface area contributed by atoms with Crippen molar-refractivity contribution in [3.05, 3.63) is 33.8 Å². The molecule has 1 N–H and O–H groups in total. The number of aliphatic hydroxyl groups is 1. The van der Waals surface area contributed by atoms with Crippen LogP contribution >= 0.6 is 23.2 Å². The van der Waals surface area contributed by atoms with Gasteiger partial charge in [0, 0.05) is 5.56 Å². The van der Waals surface area contributed by atoms with E-state index in [1.807, 2.05) is 0 Å². The van der Waals surface area contributed by atoms with Gasteiger partial charge in [-0.3, -0.25) is 0 Å². The minimum atomic E-state index is -0.568. The maximum Gasteiger partial charge on any atom is 0.0776 e. The fourth-order valence-electron chi connectivity index (χ4n) is 0.843. The van der Waals surface area contributed by atoms with Crippen LogP contribution in [0.25, 0.3) is 0 Å². The first kappa shape index (κ1) is 8.85. The predicted molar refractivity (Wildman–Crippen MR) is 47.1 cm³/mol. The van der Waals surface area contributed by atoms with Crippen LogP contribution in [0.2, 0.25) is 10.0 Å². The summed E-state index contributed by atoms with van der Waals surface area (Å²) in [5.41, 5.74) is 0.666. The zero-order valence-electron chi connectivity index (χ0n) is 6.01. The van der Waals surface area contributed by atoms with Gasteiger partial charge in [0.25, 0.3) is 0 Å². The first-order chi connectivity index (χ1) is 5.13. The molecule has 0 fully saturated rings. The van der Waals surface area contributed by atoms with Gasteiger partial charge in [-0.05, 0) is 13.0 Å². The van der Waals surface area contributed by atoms with Crippen molar-refractivity contribution in [2.45, 2.75) is 13.0 Å². The van der Waals surface area contributed by atoms with Gasteiger partial charge in [0.2, 0.25) is 0 Å². The summed E-state index contributed by atoms with van der Waals surface area (Å²) in [6.07, 6.45) is -0.568. The first-order valence-electron chi connectivity index (χ1n) is 3.25. The molecule has 1 aromatic rings. The molecule has 0 amide bonds. The third kappa shape index (κ3) is 1.86. The lowest BCUT2D eigenvalue weighted by Crippen LogP contribution is -1.91. The second-order valence-corrected chi connectivity index (χ2v) is 3.10. The molecule has 0 aromatic heterocycles. The third-order valence-corrected chi connectivity index (χ3v) is 2.27. The van der Waals surface area contributed by atoms with Crippen molar-refractivity contribution in [3.63, 3.8) is 0 Å². The average Bonchev–Trinajstić information content (AvgIpc) is 1.94. The molecule has 0 bridgehead atoms. The predicted octanol–water partition coefficient (Wildman–Crippen LogP) is 3.05. The Kier molecular flexibility index (Phi) is 2.77. The van der Waals surface area contributed by atoms with Gasteiger partial charge < -0.3 is 5.11 Å². The molecule has 11 heavy (non-hydrogen) atoms. The van der Waals surface area contributed by atoms with E-state index in [-0.39, 0.29) is 0 Å². The summed E-state index contributed by atoms with van der Waals surface area (Å²) in [6.45, 7) is 1.65. The molecule has 0 unspecified atom stereocenters. The lowest BCUT2D eigenvalue weighted by molar-refractivity contribution is 0.199. The maximum atomic E-state index is 9.19. The normalized spacial score (nSPS) is 13.1. The number of rotatable bonds is 1. The third-order valence-electron chi connectivity index (χ3n) is 1.43. The summed E-state index contributed by atoms with van der Waals surface area (Å²) in [6, 6.07) is 5.20. The van der Waals surface area contributed by atoms with E-state index in [2.05, 4.69) is 0 Å². The molecule has 3 heteroatoms. The Morgan fingerprint density at radius 1 is 1.36 bits per heavy atom. The van der Waals surface area contributed by atoms with Gasteiger partial charge in [-0.25, -0.2) is 0 Å². The summed E-state index contributed by atoms with van der Waals surface area (Å²) < 4.78 is 0. The number of benzene rings is 1. The van der Waals surface area contributed by atoms with Crippen LogP contribution in [0.5, 0.6) is 0 Å². The molecule has 0 spiro atoms. The van der Waals surface area contributed by atoms with Crippen LogP contribution < -0.4 is 0 Å². The van der Waals surface area contributed by atoms with Crippen molar-refractivity contribution < 1.29 is 5.11 Å². The van der Waals surface area contributed by atoms with E-state index in [4.69, 9.17) is 23.2 Å². The smallest absolute Gasteiger partial charge is 0.0776 e. The minimum Gasteiger partial charge on any atom is -0.389 e. The van der Waals surface area contributed by atoms with Gasteiger partial charge in [-0.1, -0.05) is 35.3 Å². The zero-order valence-corrected chi connectivity index (χ0v) is 7.52. The minimum absolute atomic E-state index is 0.434. The van der Waals surface area contributed by atoms with E-state index in [0.29, 0.717) is 15.6 Å². The van der Waals surface area contributed by atoms with E-state index in [9.17, 15) is 5.11 Å². The van der Waals surface area contributed by atoms with Crippen LogP contribution in [0.4, 0.5) is 0 Å². The van der Waals surface area contributed by atoms with Crippen LogP contribution in [-0.2, 0) is 0 Å². The highest BCUT2D eigenvalue weighted by Gasteiger charge is 2.07. The van der Waals surface area contributed by atoms with Gasteiger partial charge in [0.15, 0.2) is 0 Å². The van der Waals surface area contributed by atoms with E-state index in [0.717, 1.165) is 0 Å². The molecule has 0 saturated heterocycles. The summed E-state index contributed by atoms with van der Waals surface area (Å²) in [5, 5.41) is 10.1. The molecule has 0 aliphatic rings. The summed E-state index contributed by atoms with van der Waals surface area (Å²) >= 11 is 11.5. The molecule has 1 rings (SSSR count). The summed E-state index contributed by atoms with van der Waals surface area (Å²) in [7, 11) is 0. The maximum absolute atomic E-state index is 9.19. The number of aliphatic hydroxyl groups excluding tert-OH is 1. The zero-order chi connectivity index (χ0) is 8.43. The fraction of sp³-hybridized carbons (Fsp3) is 0.250. The van der Waals surface area contributed by atoms with Crippen molar-refractivity contribution >= 4 is 23.2 Å². The molecule has 0 saturated carbocycles.